The van der Waals surface area contributed by atoms with Crippen LogP contribution >= 0.6 is 11.6 Å². The molecule has 3 aromatic rings. The summed E-state index contributed by atoms with van der Waals surface area (Å²) < 4.78 is 2.00. The molecule has 0 saturated carbocycles. The van der Waals surface area contributed by atoms with Crippen molar-refractivity contribution in [3.05, 3.63) is 63.1 Å². The number of fused-ring (bicyclic) bond motifs is 1. The van der Waals surface area contributed by atoms with Gasteiger partial charge in [0, 0.05) is 25.4 Å². The third-order valence-electron chi connectivity index (χ3n) is 4.70. The van der Waals surface area contributed by atoms with E-state index in [0.29, 0.717) is 18.8 Å². The summed E-state index contributed by atoms with van der Waals surface area (Å²) in [6.07, 6.45) is 6.88. The first-order chi connectivity index (χ1) is 12.7. The third kappa shape index (κ3) is 2.86. The predicted molar refractivity (Wildman–Crippen MR) is 97.3 cm³/mol. The Morgan fingerprint density at radius 3 is 3.04 bits per heavy atom. The SMILES string of the molecule is CC[C@H](c1cccnc1)n1nnc2c1CCN(c1cn[nH]c(=O)c1Cl)C2. The zero-order valence-corrected chi connectivity index (χ0v) is 15.0. The Bertz CT molecular complexity index is 969. The molecule has 1 aliphatic rings. The van der Waals surface area contributed by atoms with E-state index >= 15 is 0 Å². The number of hydrogen-bond donors (Lipinski definition) is 1. The summed E-state index contributed by atoms with van der Waals surface area (Å²) in [6.45, 7) is 3.39. The number of anilines is 1. The van der Waals surface area contributed by atoms with Gasteiger partial charge in [0.05, 0.1) is 30.2 Å². The van der Waals surface area contributed by atoms with Crippen molar-refractivity contribution in [3.63, 3.8) is 0 Å². The second kappa shape index (κ2) is 6.87. The van der Waals surface area contributed by atoms with Crippen LogP contribution in [0.2, 0.25) is 5.02 Å². The number of aromatic nitrogens is 6. The Labute approximate surface area is 154 Å². The van der Waals surface area contributed by atoms with Crippen LogP contribution in [0.4, 0.5) is 5.69 Å². The van der Waals surface area contributed by atoms with E-state index < -0.39 is 0 Å². The number of nitrogens with zero attached hydrogens (tertiary/aromatic N) is 6. The molecule has 0 radical (unpaired) electrons. The average Bonchev–Trinajstić information content (AvgIpc) is 3.09. The van der Waals surface area contributed by atoms with E-state index in [0.717, 1.165) is 29.8 Å². The molecule has 134 valence electrons. The second-order valence-corrected chi connectivity index (χ2v) is 6.59. The Kier molecular flexibility index (Phi) is 4.42. The molecular weight excluding hydrogens is 354 g/mol. The van der Waals surface area contributed by atoms with Crippen LogP contribution in [0.1, 0.15) is 36.3 Å². The van der Waals surface area contributed by atoms with E-state index in [4.69, 9.17) is 11.6 Å². The first kappa shape index (κ1) is 16.7. The lowest BCUT2D eigenvalue weighted by atomic mass is 10.0. The molecule has 0 aliphatic carbocycles. The number of H-pyrrole nitrogens is 1. The molecule has 0 unspecified atom stereocenters. The fourth-order valence-corrected chi connectivity index (χ4v) is 3.61. The Morgan fingerprint density at radius 2 is 2.27 bits per heavy atom. The molecule has 9 heteroatoms. The van der Waals surface area contributed by atoms with Gasteiger partial charge in [0.2, 0.25) is 0 Å². The minimum absolute atomic E-state index is 0.108. The van der Waals surface area contributed by atoms with Gasteiger partial charge in [-0.3, -0.25) is 9.78 Å². The van der Waals surface area contributed by atoms with E-state index in [1.54, 1.807) is 12.4 Å². The van der Waals surface area contributed by atoms with Gasteiger partial charge in [-0.25, -0.2) is 9.78 Å². The highest BCUT2D eigenvalue weighted by Crippen LogP contribution is 2.29. The van der Waals surface area contributed by atoms with E-state index in [1.807, 2.05) is 21.8 Å². The maximum Gasteiger partial charge on any atom is 0.285 e. The Hall–Kier alpha value is -2.74. The van der Waals surface area contributed by atoms with Crippen molar-refractivity contribution < 1.29 is 0 Å². The zero-order chi connectivity index (χ0) is 18.1. The van der Waals surface area contributed by atoms with Gasteiger partial charge in [0.25, 0.3) is 5.56 Å². The lowest BCUT2D eigenvalue weighted by Gasteiger charge is -2.29. The number of hydrogen-bond acceptors (Lipinski definition) is 6. The quantitative estimate of drug-likeness (QED) is 0.753. The first-order valence-corrected chi connectivity index (χ1v) is 8.87. The summed E-state index contributed by atoms with van der Waals surface area (Å²) >= 11 is 6.14. The Morgan fingerprint density at radius 1 is 1.38 bits per heavy atom. The molecule has 0 spiro atoms. The lowest BCUT2D eigenvalue weighted by Crippen LogP contribution is -2.33. The molecule has 26 heavy (non-hydrogen) atoms. The summed E-state index contributed by atoms with van der Waals surface area (Å²) in [6, 6.07) is 4.10. The fraction of sp³-hybridized carbons (Fsp3) is 0.353. The molecule has 0 amide bonds. The van der Waals surface area contributed by atoms with Crippen molar-refractivity contribution in [1.82, 2.24) is 30.2 Å². The van der Waals surface area contributed by atoms with Gasteiger partial charge in [-0.15, -0.1) is 5.10 Å². The molecule has 1 aliphatic heterocycles. The highest BCUT2D eigenvalue weighted by molar-refractivity contribution is 6.32. The standard InChI is InChI=1S/C17H18ClN7O/c1-2-13(11-4-3-6-19-8-11)25-14-5-7-24(10-12(14)21-23-25)15-9-20-22-17(26)16(15)18/h3-4,6,8-9,13H,2,5,7,10H2,1H3,(H,22,26)/t13-/m1/s1. The van der Waals surface area contributed by atoms with Crippen LogP contribution in [0.3, 0.4) is 0 Å². The van der Waals surface area contributed by atoms with Gasteiger partial charge >= 0.3 is 0 Å². The van der Waals surface area contributed by atoms with Crippen molar-refractivity contribution in [2.75, 3.05) is 11.4 Å². The van der Waals surface area contributed by atoms with E-state index in [2.05, 4.69) is 38.5 Å². The predicted octanol–water partition coefficient (Wildman–Crippen LogP) is 1.97. The van der Waals surface area contributed by atoms with Crippen molar-refractivity contribution in [2.24, 2.45) is 0 Å². The molecule has 0 saturated heterocycles. The number of halogens is 1. The summed E-state index contributed by atoms with van der Waals surface area (Å²) in [7, 11) is 0. The monoisotopic (exact) mass is 371 g/mol. The third-order valence-corrected chi connectivity index (χ3v) is 5.06. The second-order valence-electron chi connectivity index (χ2n) is 6.21. The smallest absolute Gasteiger partial charge is 0.285 e. The molecule has 8 nitrogen and oxygen atoms in total. The molecule has 0 fully saturated rings. The van der Waals surface area contributed by atoms with Gasteiger partial charge in [-0.05, 0) is 18.1 Å². The largest absolute Gasteiger partial charge is 0.362 e. The fourth-order valence-electron chi connectivity index (χ4n) is 3.40. The van der Waals surface area contributed by atoms with Gasteiger partial charge in [0.1, 0.15) is 10.7 Å². The van der Waals surface area contributed by atoms with E-state index in [9.17, 15) is 4.79 Å². The summed E-state index contributed by atoms with van der Waals surface area (Å²) in [5.41, 5.74) is 3.36. The van der Waals surface area contributed by atoms with Crippen LogP contribution in [0.25, 0.3) is 0 Å². The van der Waals surface area contributed by atoms with Crippen LogP contribution in [-0.2, 0) is 13.0 Å². The number of nitrogens with one attached hydrogen (secondary N) is 1. The minimum atomic E-state index is -0.388. The highest BCUT2D eigenvalue weighted by atomic mass is 35.5. The van der Waals surface area contributed by atoms with Gasteiger partial charge in [-0.1, -0.05) is 29.8 Å². The van der Waals surface area contributed by atoms with Crippen LogP contribution in [0.5, 0.6) is 0 Å². The average molecular weight is 372 g/mol. The van der Waals surface area contributed by atoms with Crippen LogP contribution in [0.15, 0.2) is 35.5 Å². The molecule has 1 N–H and O–H groups in total. The first-order valence-electron chi connectivity index (χ1n) is 8.50. The van der Waals surface area contributed by atoms with Crippen molar-refractivity contribution in [2.45, 2.75) is 32.4 Å². The number of pyridine rings is 1. The van der Waals surface area contributed by atoms with E-state index in [-0.39, 0.29) is 16.6 Å². The molecule has 0 bridgehead atoms. The Balaban J connectivity index is 1.65. The van der Waals surface area contributed by atoms with Crippen LogP contribution in [0, 0.1) is 0 Å². The van der Waals surface area contributed by atoms with Crippen LogP contribution in [-0.4, -0.2) is 36.7 Å². The van der Waals surface area contributed by atoms with Gasteiger partial charge in [-0.2, -0.15) is 5.10 Å². The van der Waals surface area contributed by atoms with Crippen molar-refractivity contribution in [1.29, 1.82) is 0 Å². The normalized spacial score (nSPS) is 14.9. The maximum atomic E-state index is 11.7. The van der Waals surface area contributed by atoms with E-state index in [1.165, 1.54) is 0 Å². The molecule has 3 aromatic heterocycles. The molecule has 0 aromatic carbocycles. The molecule has 4 rings (SSSR count). The maximum absolute atomic E-state index is 11.7. The molecular formula is C17H18ClN7O. The van der Waals surface area contributed by atoms with Crippen molar-refractivity contribution in [3.8, 4) is 0 Å². The summed E-state index contributed by atoms with van der Waals surface area (Å²) in [5, 5.41) is 15.1. The number of aromatic amines is 1. The van der Waals surface area contributed by atoms with Crippen LogP contribution < -0.4 is 10.5 Å². The number of rotatable bonds is 4. The topological polar surface area (TPSA) is 92.6 Å². The highest BCUT2D eigenvalue weighted by Gasteiger charge is 2.27. The zero-order valence-electron chi connectivity index (χ0n) is 14.3. The van der Waals surface area contributed by atoms with Gasteiger partial charge in [0.15, 0.2) is 0 Å². The summed E-state index contributed by atoms with van der Waals surface area (Å²) in [4.78, 5) is 17.9. The molecule has 1 atom stereocenters. The lowest BCUT2D eigenvalue weighted by molar-refractivity contribution is 0.472. The van der Waals surface area contributed by atoms with Gasteiger partial charge < -0.3 is 4.90 Å². The summed E-state index contributed by atoms with van der Waals surface area (Å²) in [5.74, 6) is 0. The minimum Gasteiger partial charge on any atom is -0.362 e. The molecule has 4 heterocycles. The van der Waals surface area contributed by atoms with Crippen molar-refractivity contribution >= 4 is 17.3 Å².